The van der Waals surface area contributed by atoms with E-state index in [-0.39, 0.29) is 23.6 Å². The molecule has 1 heterocycles. The summed E-state index contributed by atoms with van der Waals surface area (Å²) in [5.41, 5.74) is 0.334. The van der Waals surface area contributed by atoms with Crippen molar-refractivity contribution in [1.29, 1.82) is 0 Å². The van der Waals surface area contributed by atoms with Crippen molar-refractivity contribution in [2.45, 2.75) is 6.42 Å². The number of benzene rings is 1. The molecule has 2 rings (SSSR count). The summed E-state index contributed by atoms with van der Waals surface area (Å²) < 4.78 is 18.5. The highest BCUT2D eigenvalue weighted by atomic mass is 35.5. The van der Waals surface area contributed by atoms with Gasteiger partial charge in [-0.2, -0.15) is 0 Å². The molecule has 0 spiro atoms. The first-order valence-corrected chi connectivity index (χ1v) is 5.05. The normalized spacial score (nSPS) is 10.5. The number of carboxylic acids is 1. The second-order valence-electron chi connectivity index (χ2n) is 3.34. The number of nitrogens with zero attached hydrogens (tertiary/aromatic N) is 1. The average molecular weight is 256 g/mol. The molecule has 4 nitrogen and oxygen atoms in total. The third-order valence-corrected chi connectivity index (χ3v) is 2.28. The predicted octanol–water partition coefficient (Wildman–Crippen LogP) is 2.76. The van der Waals surface area contributed by atoms with E-state index in [1.54, 1.807) is 0 Å². The summed E-state index contributed by atoms with van der Waals surface area (Å²) in [6.07, 6.45) is 0.912. The van der Waals surface area contributed by atoms with Gasteiger partial charge in [0.25, 0.3) is 0 Å². The van der Waals surface area contributed by atoms with Crippen LogP contribution in [0.5, 0.6) is 0 Å². The van der Waals surface area contributed by atoms with Gasteiger partial charge in [0.05, 0.1) is 17.7 Å². The van der Waals surface area contributed by atoms with E-state index in [4.69, 9.17) is 21.1 Å². The summed E-state index contributed by atoms with van der Waals surface area (Å²) in [6, 6.07) is 3.97. The molecular weight excluding hydrogens is 249 g/mol. The van der Waals surface area contributed by atoms with Crippen LogP contribution in [0.2, 0.25) is 5.02 Å². The van der Waals surface area contributed by atoms with Gasteiger partial charge in [0.1, 0.15) is 12.1 Å². The molecule has 0 aliphatic carbocycles. The number of rotatable bonds is 3. The summed E-state index contributed by atoms with van der Waals surface area (Å²) in [6.45, 7) is 0. The molecule has 0 amide bonds. The van der Waals surface area contributed by atoms with Crippen molar-refractivity contribution in [3.05, 3.63) is 41.0 Å². The quantitative estimate of drug-likeness (QED) is 0.916. The van der Waals surface area contributed by atoms with Crippen molar-refractivity contribution in [2.75, 3.05) is 0 Å². The Labute approximate surface area is 101 Å². The number of aromatic nitrogens is 1. The Morgan fingerprint density at radius 3 is 3.00 bits per heavy atom. The Bertz CT molecular complexity index is 568. The number of hydrogen-bond acceptors (Lipinski definition) is 3. The molecule has 0 aliphatic rings. The molecule has 88 valence electrons. The lowest BCUT2D eigenvalue weighted by Gasteiger charge is -1.98. The second kappa shape index (κ2) is 4.55. The van der Waals surface area contributed by atoms with Crippen molar-refractivity contribution in [2.24, 2.45) is 0 Å². The molecule has 0 saturated heterocycles. The fraction of sp³-hybridized carbons (Fsp3) is 0.0909. The summed E-state index contributed by atoms with van der Waals surface area (Å²) in [5.74, 6) is -1.55. The van der Waals surface area contributed by atoms with Crippen LogP contribution < -0.4 is 0 Å². The number of oxazole rings is 1. The minimum Gasteiger partial charge on any atom is -0.481 e. The van der Waals surface area contributed by atoms with Crippen molar-refractivity contribution in [1.82, 2.24) is 4.98 Å². The van der Waals surface area contributed by atoms with Gasteiger partial charge in [-0.15, -0.1) is 0 Å². The van der Waals surface area contributed by atoms with E-state index in [1.807, 2.05) is 0 Å². The van der Waals surface area contributed by atoms with Gasteiger partial charge >= 0.3 is 5.97 Å². The topological polar surface area (TPSA) is 63.3 Å². The molecule has 0 saturated carbocycles. The molecule has 17 heavy (non-hydrogen) atoms. The molecule has 2 aromatic rings. The lowest BCUT2D eigenvalue weighted by Crippen LogP contribution is -1.99. The van der Waals surface area contributed by atoms with Gasteiger partial charge in [-0.25, -0.2) is 9.37 Å². The lowest BCUT2D eigenvalue weighted by atomic mass is 10.2. The highest BCUT2D eigenvalue weighted by Gasteiger charge is 2.13. The van der Waals surface area contributed by atoms with Crippen LogP contribution in [-0.2, 0) is 11.2 Å². The van der Waals surface area contributed by atoms with Crippen LogP contribution in [0.15, 0.2) is 28.9 Å². The minimum atomic E-state index is -1.03. The van der Waals surface area contributed by atoms with E-state index in [0.29, 0.717) is 5.02 Å². The Balaban J connectivity index is 2.36. The molecule has 6 heteroatoms. The van der Waals surface area contributed by atoms with Crippen LogP contribution in [0.25, 0.3) is 11.5 Å². The monoisotopic (exact) mass is 255 g/mol. The van der Waals surface area contributed by atoms with Crippen molar-refractivity contribution < 1.29 is 18.7 Å². The van der Waals surface area contributed by atoms with Gasteiger partial charge in [0, 0.05) is 5.02 Å². The molecule has 1 N–H and O–H groups in total. The maximum absolute atomic E-state index is 13.5. The summed E-state index contributed by atoms with van der Waals surface area (Å²) >= 11 is 5.73. The maximum Gasteiger partial charge on any atom is 0.309 e. The number of carboxylic acid groups (broad SMARTS) is 1. The van der Waals surface area contributed by atoms with E-state index in [2.05, 4.69) is 4.98 Å². The molecule has 0 bridgehead atoms. The van der Waals surface area contributed by atoms with Crippen molar-refractivity contribution in [3.63, 3.8) is 0 Å². The van der Waals surface area contributed by atoms with E-state index < -0.39 is 11.8 Å². The van der Waals surface area contributed by atoms with Crippen LogP contribution in [0.3, 0.4) is 0 Å². The molecule has 1 aromatic carbocycles. The molecule has 0 aliphatic heterocycles. The highest BCUT2D eigenvalue weighted by Crippen LogP contribution is 2.25. The zero-order valence-electron chi connectivity index (χ0n) is 8.48. The number of carbonyl (C=O) groups is 1. The van der Waals surface area contributed by atoms with Crippen LogP contribution in [0.4, 0.5) is 4.39 Å². The van der Waals surface area contributed by atoms with Gasteiger partial charge < -0.3 is 9.52 Å². The van der Waals surface area contributed by atoms with Gasteiger partial charge in [0.15, 0.2) is 0 Å². The Morgan fingerprint density at radius 1 is 1.53 bits per heavy atom. The average Bonchev–Trinajstić information content (AvgIpc) is 2.69. The summed E-state index contributed by atoms with van der Waals surface area (Å²) in [4.78, 5) is 14.3. The molecule has 0 fully saturated rings. The van der Waals surface area contributed by atoms with Gasteiger partial charge in [-0.3, -0.25) is 4.79 Å². The predicted molar refractivity (Wildman–Crippen MR) is 58.2 cm³/mol. The third-order valence-electron chi connectivity index (χ3n) is 2.04. The van der Waals surface area contributed by atoms with Gasteiger partial charge in [-0.05, 0) is 18.2 Å². The zero-order valence-corrected chi connectivity index (χ0v) is 9.24. The van der Waals surface area contributed by atoms with E-state index in [0.717, 1.165) is 0 Å². The van der Waals surface area contributed by atoms with E-state index in [9.17, 15) is 9.18 Å². The fourth-order valence-corrected chi connectivity index (χ4v) is 1.50. The SMILES string of the molecule is O=C(O)Cc1coc(-c2cc(Cl)ccc2F)n1. The second-order valence-corrected chi connectivity index (χ2v) is 3.78. The van der Waals surface area contributed by atoms with Crippen LogP contribution in [0, 0.1) is 5.82 Å². The minimum absolute atomic E-state index is 0.0150. The first kappa shape index (κ1) is 11.6. The smallest absolute Gasteiger partial charge is 0.309 e. The van der Waals surface area contributed by atoms with Crippen LogP contribution in [0.1, 0.15) is 5.69 Å². The summed E-state index contributed by atoms with van der Waals surface area (Å²) in [5, 5.41) is 8.92. The molecule has 0 radical (unpaired) electrons. The standard InChI is InChI=1S/C11H7ClFNO3/c12-6-1-2-9(13)8(3-6)11-14-7(5-17-11)4-10(15)16/h1-3,5H,4H2,(H,15,16). The third kappa shape index (κ3) is 2.62. The number of aliphatic carboxylic acids is 1. The van der Waals surface area contributed by atoms with Gasteiger partial charge in [-0.1, -0.05) is 11.6 Å². The van der Waals surface area contributed by atoms with Crippen LogP contribution >= 0.6 is 11.6 Å². The van der Waals surface area contributed by atoms with Crippen molar-refractivity contribution >= 4 is 17.6 Å². The zero-order chi connectivity index (χ0) is 12.4. The van der Waals surface area contributed by atoms with Gasteiger partial charge in [0.2, 0.25) is 5.89 Å². The summed E-state index contributed by atoms with van der Waals surface area (Å²) in [7, 11) is 0. The largest absolute Gasteiger partial charge is 0.481 e. The lowest BCUT2D eigenvalue weighted by molar-refractivity contribution is -0.136. The van der Waals surface area contributed by atoms with E-state index >= 15 is 0 Å². The molecular formula is C11H7ClFNO3. The molecule has 0 atom stereocenters. The fourth-order valence-electron chi connectivity index (χ4n) is 1.33. The Kier molecular flexibility index (Phi) is 3.10. The number of hydrogen-bond donors (Lipinski definition) is 1. The van der Waals surface area contributed by atoms with Crippen molar-refractivity contribution in [3.8, 4) is 11.5 Å². The Hall–Kier alpha value is -1.88. The molecule has 0 unspecified atom stereocenters. The maximum atomic E-state index is 13.5. The highest BCUT2D eigenvalue weighted by molar-refractivity contribution is 6.30. The first-order chi connectivity index (χ1) is 8.06. The van der Waals surface area contributed by atoms with E-state index in [1.165, 1.54) is 24.5 Å². The first-order valence-electron chi connectivity index (χ1n) is 4.68. The molecule has 1 aromatic heterocycles. The van der Waals surface area contributed by atoms with Crippen LogP contribution in [-0.4, -0.2) is 16.1 Å². The Morgan fingerprint density at radius 2 is 2.29 bits per heavy atom. The number of halogens is 2.